The summed E-state index contributed by atoms with van der Waals surface area (Å²) in [5, 5.41) is 2.97. The molecule has 3 heterocycles. The van der Waals surface area contributed by atoms with Crippen molar-refractivity contribution in [2.24, 2.45) is 0 Å². The zero-order valence-corrected chi connectivity index (χ0v) is 17.9. The number of nitrogens with zero attached hydrogens (tertiary/aromatic N) is 4. The number of carbonyl (C=O) groups excluding carboxylic acids is 2. The highest BCUT2D eigenvalue weighted by molar-refractivity contribution is 6.08. The lowest BCUT2D eigenvalue weighted by Crippen LogP contribution is -2.30. The number of anilines is 3. The van der Waals surface area contributed by atoms with E-state index in [1.54, 1.807) is 17.2 Å². The van der Waals surface area contributed by atoms with Gasteiger partial charge < -0.3 is 15.1 Å². The predicted octanol–water partition coefficient (Wildman–Crippen LogP) is 3.24. The van der Waals surface area contributed by atoms with Gasteiger partial charge in [0.05, 0.1) is 12.0 Å². The van der Waals surface area contributed by atoms with Crippen molar-refractivity contribution in [2.75, 3.05) is 35.8 Å². The normalized spacial score (nSPS) is 12.4. The third-order valence-electron chi connectivity index (χ3n) is 5.28. The Morgan fingerprint density at radius 2 is 1.97 bits per heavy atom. The van der Waals surface area contributed by atoms with E-state index >= 15 is 0 Å². The molecule has 7 heteroatoms. The SMILES string of the molecule is Cc1ccc(C(=O)Nc2ccc3c(c2)CCN3C(=O)Cc2ccccn2)c(N(C)C)n1. The van der Waals surface area contributed by atoms with E-state index in [2.05, 4.69) is 15.3 Å². The Labute approximate surface area is 181 Å². The molecule has 1 aliphatic heterocycles. The first kappa shape index (κ1) is 20.5. The first-order valence-electron chi connectivity index (χ1n) is 10.2. The molecule has 0 spiro atoms. The van der Waals surface area contributed by atoms with Gasteiger partial charge in [-0.2, -0.15) is 0 Å². The Kier molecular flexibility index (Phi) is 5.66. The summed E-state index contributed by atoms with van der Waals surface area (Å²) in [6, 6.07) is 14.9. The molecular formula is C24H25N5O2. The van der Waals surface area contributed by atoms with Gasteiger partial charge in [0.2, 0.25) is 5.91 Å². The van der Waals surface area contributed by atoms with Crippen LogP contribution < -0.4 is 15.1 Å². The van der Waals surface area contributed by atoms with Gasteiger partial charge in [-0.05, 0) is 61.4 Å². The van der Waals surface area contributed by atoms with Gasteiger partial charge in [-0.1, -0.05) is 6.07 Å². The number of nitrogens with one attached hydrogen (secondary N) is 1. The van der Waals surface area contributed by atoms with Gasteiger partial charge in [-0.25, -0.2) is 4.98 Å². The molecule has 4 rings (SSSR count). The van der Waals surface area contributed by atoms with Gasteiger partial charge >= 0.3 is 0 Å². The number of aromatic nitrogens is 2. The number of fused-ring (bicyclic) bond motifs is 1. The largest absolute Gasteiger partial charge is 0.362 e. The van der Waals surface area contributed by atoms with Gasteiger partial charge in [-0.15, -0.1) is 0 Å². The lowest BCUT2D eigenvalue weighted by Gasteiger charge is -2.18. The fourth-order valence-corrected chi connectivity index (χ4v) is 3.75. The first-order valence-corrected chi connectivity index (χ1v) is 10.2. The molecule has 0 bridgehead atoms. The maximum atomic E-state index is 12.9. The van der Waals surface area contributed by atoms with Crippen LogP contribution in [0.1, 0.15) is 27.3 Å². The Bertz CT molecular complexity index is 1130. The molecular weight excluding hydrogens is 390 g/mol. The zero-order chi connectivity index (χ0) is 22.0. The summed E-state index contributed by atoms with van der Waals surface area (Å²) in [7, 11) is 3.73. The van der Waals surface area contributed by atoms with Gasteiger partial charge in [0.15, 0.2) is 0 Å². The monoisotopic (exact) mass is 415 g/mol. The van der Waals surface area contributed by atoms with Crippen LogP contribution >= 0.6 is 0 Å². The zero-order valence-electron chi connectivity index (χ0n) is 17.9. The van der Waals surface area contributed by atoms with Crippen LogP contribution in [-0.2, 0) is 17.6 Å². The molecule has 0 atom stereocenters. The van der Waals surface area contributed by atoms with Crippen molar-refractivity contribution >= 4 is 29.0 Å². The molecule has 0 unspecified atom stereocenters. The number of aryl methyl sites for hydroxylation is 1. The predicted molar refractivity (Wildman–Crippen MR) is 122 cm³/mol. The number of benzene rings is 1. The van der Waals surface area contributed by atoms with Crippen LogP contribution in [0.15, 0.2) is 54.7 Å². The van der Waals surface area contributed by atoms with Crippen molar-refractivity contribution in [3.05, 3.63) is 77.2 Å². The molecule has 7 nitrogen and oxygen atoms in total. The molecule has 31 heavy (non-hydrogen) atoms. The first-order chi connectivity index (χ1) is 14.9. The number of hydrogen-bond acceptors (Lipinski definition) is 5. The molecule has 0 saturated heterocycles. The van der Waals surface area contributed by atoms with E-state index in [0.29, 0.717) is 23.6 Å². The Morgan fingerprint density at radius 3 is 2.71 bits per heavy atom. The Balaban J connectivity index is 1.50. The van der Waals surface area contributed by atoms with E-state index in [0.717, 1.165) is 29.1 Å². The van der Waals surface area contributed by atoms with Crippen LogP contribution in [0.2, 0.25) is 0 Å². The smallest absolute Gasteiger partial charge is 0.259 e. The minimum absolute atomic E-state index is 0.0237. The summed E-state index contributed by atoms with van der Waals surface area (Å²) in [6.07, 6.45) is 2.72. The number of hydrogen-bond donors (Lipinski definition) is 1. The van der Waals surface area contributed by atoms with Gasteiger partial charge in [0.25, 0.3) is 5.91 Å². The van der Waals surface area contributed by atoms with Crippen LogP contribution in [0.4, 0.5) is 17.2 Å². The average Bonchev–Trinajstić information content (AvgIpc) is 3.17. The van der Waals surface area contributed by atoms with Gasteiger partial charge in [0.1, 0.15) is 5.82 Å². The number of carbonyl (C=O) groups is 2. The van der Waals surface area contributed by atoms with Crippen molar-refractivity contribution in [1.29, 1.82) is 0 Å². The molecule has 2 amide bonds. The molecule has 1 aliphatic rings. The third-order valence-corrected chi connectivity index (χ3v) is 5.28. The molecule has 0 saturated carbocycles. The lowest BCUT2D eigenvalue weighted by molar-refractivity contribution is -0.117. The maximum Gasteiger partial charge on any atom is 0.259 e. The fourth-order valence-electron chi connectivity index (χ4n) is 3.75. The van der Waals surface area contributed by atoms with E-state index in [1.807, 2.05) is 68.4 Å². The van der Waals surface area contributed by atoms with E-state index in [4.69, 9.17) is 0 Å². The molecule has 0 fully saturated rings. The highest BCUT2D eigenvalue weighted by atomic mass is 16.2. The van der Waals surface area contributed by atoms with Crippen molar-refractivity contribution in [2.45, 2.75) is 19.8 Å². The van der Waals surface area contributed by atoms with Crippen molar-refractivity contribution in [3.8, 4) is 0 Å². The van der Waals surface area contributed by atoms with Crippen LogP contribution in [-0.4, -0.2) is 42.4 Å². The van der Waals surface area contributed by atoms with Gasteiger partial charge in [-0.3, -0.25) is 14.6 Å². The number of pyridine rings is 2. The second-order valence-electron chi connectivity index (χ2n) is 7.81. The summed E-state index contributed by atoms with van der Waals surface area (Å²) >= 11 is 0. The average molecular weight is 415 g/mol. The molecule has 158 valence electrons. The highest BCUT2D eigenvalue weighted by Crippen LogP contribution is 2.31. The molecule has 2 aromatic heterocycles. The van der Waals surface area contributed by atoms with Crippen molar-refractivity contribution in [1.82, 2.24) is 9.97 Å². The second-order valence-corrected chi connectivity index (χ2v) is 7.81. The quantitative estimate of drug-likeness (QED) is 0.692. The summed E-state index contributed by atoms with van der Waals surface area (Å²) < 4.78 is 0. The van der Waals surface area contributed by atoms with Crippen LogP contribution in [0.25, 0.3) is 0 Å². The van der Waals surface area contributed by atoms with Crippen LogP contribution in [0.3, 0.4) is 0 Å². The van der Waals surface area contributed by atoms with Gasteiger partial charge in [0, 0.05) is 49.6 Å². The molecule has 1 N–H and O–H groups in total. The van der Waals surface area contributed by atoms with Crippen molar-refractivity contribution < 1.29 is 9.59 Å². The van der Waals surface area contributed by atoms with E-state index in [-0.39, 0.29) is 18.2 Å². The molecule has 0 radical (unpaired) electrons. The summed E-state index contributed by atoms with van der Waals surface area (Å²) in [6.45, 7) is 2.53. The standard InChI is InChI=1S/C24H25N5O2/c1-16-7-9-20(23(26-16)28(2)3)24(31)27-19-8-10-21-17(14-19)11-13-29(21)22(30)15-18-6-4-5-12-25-18/h4-10,12,14H,11,13,15H2,1-3H3,(H,27,31). The molecule has 0 aliphatic carbocycles. The Morgan fingerprint density at radius 1 is 1.13 bits per heavy atom. The topological polar surface area (TPSA) is 78.4 Å². The summed E-state index contributed by atoms with van der Waals surface area (Å²) in [5.41, 5.74) is 4.77. The van der Waals surface area contributed by atoms with E-state index in [9.17, 15) is 9.59 Å². The minimum atomic E-state index is -0.211. The maximum absolute atomic E-state index is 12.9. The minimum Gasteiger partial charge on any atom is -0.362 e. The van der Waals surface area contributed by atoms with Crippen LogP contribution in [0, 0.1) is 6.92 Å². The van der Waals surface area contributed by atoms with Crippen LogP contribution in [0.5, 0.6) is 0 Å². The summed E-state index contributed by atoms with van der Waals surface area (Å²) in [5.74, 6) is 0.442. The van der Waals surface area contributed by atoms with Crippen molar-refractivity contribution in [3.63, 3.8) is 0 Å². The van der Waals surface area contributed by atoms with E-state index < -0.39 is 0 Å². The fraction of sp³-hybridized carbons (Fsp3) is 0.250. The number of rotatable bonds is 5. The number of amides is 2. The second kappa shape index (κ2) is 8.55. The summed E-state index contributed by atoms with van der Waals surface area (Å²) in [4.78, 5) is 38.0. The Hall–Kier alpha value is -3.74. The highest BCUT2D eigenvalue weighted by Gasteiger charge is 2.25. The van der Waals surface area contributed by atoms with E-state index in [1.165, 1.54) is 0 Å². The molecule has 3 aromatic rings. The third kappa shape index (κ3) is 4.40. The lowest BCUT2D eigenvalue weighted by atomic mass is 10.1. The molecule has 1 aromatic carbocycles.